The first-order valence-electron chi connectivity index (χ1n) is 9.21. The van der Waals surface area contributed by atoms with E-state index >= 15 is 0 Å². The van der Waals surface area contributed by atoms with Gasteiger partial charge in [-0.25, -0.2) is 0 Å². The maximum Gasteiger partial charge on any atom is 0.272 e. The number of hydrogen-bond donors (Lipinski definition) is 0. The van der Waals surface area contributed by atoms with E-state index in [-0.39, 0.29) is 5.91 Å². The van der Waals surface area contributed by atoms with Gasteiger partial charge in [0.15, 0.2) is 0 Å². The first-order valence-corrected chi connectivity index (χ1v) is 9.21. The highest BCUT2D eigenvalue weighted by Gasteiger charge is 2.31. The minimum atomic E-state index is 0.134. The van der Waals surface area contributed by atoms with Gasteiger partial charge in [0.2, 0.25) is 0 Å². The third-order valence-corrected chi connectivity index (χ3v) is 5.17. The Kier molecular flexibility index (Phi) is 5.56. The first kappa shape index (κ1) is 17.4. The van der Waals surface area contributed by atoms with Crippen LogP contribution in [0.3, 0.4) is 0 Å². The van der Waals surface area contributed by atoms with Gasteiger partial charge < -0.3 is 9.64 Å². The third kappa shape index (κ3) is 3.81. The Morgan fingerprint density at radius 1 is 1.29 bits per heavy atom. The van der Waals surface area contributed by atoms with Crippen LogP contribution in [0, 0.1) is 0 Å². The molecule has 1 amide bonds. The van der Waals surface area contributed by atoms with Gasteiger partial charge in [-0.05, 0) is 31.2 Å². The summed E-state index contributed by atoms with van der Waals surface area (Å²) in [5.74, 6) is 0.470. The van der Waals surface area contributed by atoms with E-state index in [1.807, 2.05) is 13.1 Å². The summed E-state index contributed by atoms with van der Waals surface area (Å²) in [6.45, 7) is 9.60. The number of morpholine rings is 1. The molecular weight excluding hydrogens is 304 g/mol. The molecule has 0 radical (unpaired) electrons. The number of ether oxygens (including phenoxy) is 1. The van der Waals surface area contributed by atoms with Crippen molar-refractivity contribution in [1.29, 1.82) is 0 Å². The maximum atomic E-state index is 13.1. The minimum Gasteiger partial charge on any atom is -0.379 e. The molecule has 3 rings (SSSR count). The molecule has 6 heteroatoms. The Balaban J connectivity index is 1.73. The van der Waals surface area contributed by atoms with Crippen molar-refractivity contribution in [3.8, 4) is 0 Å². The Labute approximate surface area is 144 Å². The normalized spacial score (nSPS) is 23.0. The van der Waals surface area contributed by atoms with Crippen molar-refractivity contribution in [3.63, 3.8) is 0 Å². The molecule has 2 aliphatic heterocycles. The van der Waals surface area contributed by atoms with Gasteiger partial charge >= 0.3 is 0 Å². The molecule has 2 saturated heterocycles. The summed E-state index contributed by atoms with van der Waals surface area (Å²) >= 11 is 0. The molecule has 24 heavy (non-hydrogen) atoms. The van der Waals surface area contributed by atoms with Crippen molar-refractivity contribution in [1.82, 2.24) is 19.6 Å². The SMILES string of the molecule is CC(C)c1cc(C(=O)N2CCCC[C@H]2CN2CCOCC2)n(C)n1. The zero-order valence-corrected chi connectivity index (χ0v) is 15.2. The van der Waals surface area contributed by atoms with Crippen LogP contribution in [0.4, 0.5) is 0 Å². The number of carbonyl (C=O) groups excluding carboxylic acids is 1. The topological polar surface area (TPSA) is 50.6 Å². The van der Waals surface area contributed by atoms with E-state index in [0.29, 0.717) is 17.7 Å². The summed E-state index contributed by atoms with van der Waals surface area (Å²) in [4.78, 5) is 17.6. The Bertz CT molecular complexity index is 563. The second kappa shape index (κ2) is 7.66. The molecule has 0 spiro atoms. The molecule has 0 aliphatic carbocycles. The zero-order chi connectivity index (χ0) is 17.1. The third-order valence-electron chi connectivity index (χ3n) is 5.17. The number of aromatic nitrogens is 2. The summed E-state index contributed by atoms with van der Waals surface area (Å²) in [7, 11) is 1.88. The molecule has 1 aromatic heterocycles. The Morgan fingerprint density at radius 2 is 2.04 bits per heavy atom. The van der Waals surface area contributed by atoms with Crippen molar-refractivity contribution in [2.75, 3.05) is 39.4 Å². The number of likely N-dealkylation sites (tertiary alicyclic amines) is 1. The highest BCUT2D eigenvalue weighted by molar-refractivity contribution is 5.93. The van der Waals surface area contributed by atoms with Gasteiger partial charge in [-0.15, -0.1) is 0 Å². The van der Waals surface area contributed by atoms with Crippen molar-refractivity contribution in [2.24, 2.45) is 7.05 Å². The molecule has 1 atom stereocenters. The van der Waals surface area contributed by atoms with E-state index in [0.717, 1.165) is 57.9 Å². The highest BCUT2D eigenvalue weighted by Crippen LogP contribution is 2.22. The van der Waals surface area contributed by atoms with E-state index in [1.54, 1.807) is 4.68 Å². The largest absolute Gasteiger partial charge is 0.379 e. The number of piperidine rings is 1. The van der Waals surface area contributed by atoms with Gasteiger partial charge in [-0.3, -0.25) is 14.4 Å². The van der Waals surface area contributed by atoms with Crippen LogP contribution in [0.1, 0.15) is 55.2 Å². The van der Waals surface area contributed by atoms with Crippen LogP contribution >= 0.6 is 0 Å². The molecule has 6 nitrogen and oxygen atoms in total. The monoisotopic (exact) mass is 334 g/mol. The standard InChI is InChI=1S/C18H30N4O2/c1-14(2)16-12-17(20(3)19-16)18(23)22-7-5-4-6-15(22)13-21-8-10-24-11-9-21/h12,14-15H,4-11,13H2,1-3H3/t15-/m0/s1. The van der Waals surface area contributed by atoms with E-state index in [4.69, 9.17) is 4.74 Å². The first-order chi connectivity index (χ1) is 11.6. The van der Waals surface area contributed by atoms with Crippen LogP contribution < -0.4 is 0 Å². The molecule has 3 heterocycles. The van der Waals surface area contributed by atoms with Crippen LogP contribution in [0.2, 0.25) is 0 Å². The molecular formula is C18H30N4O2. The van der Waals surface area contributed by atoms with Crippen molar-refractivity contribution >= 4 is 5.91 Å². The summed E-state index contributed by atoms with van der Waals surface area (Å²) in [5.41, 5.74) is 1.70. The molecule has 2 fully saturated rings. The Morgan fingerprint density at radius 3 is 2.71 bits per heavy atom. The highest BCUT2D eigenvalue weighted by atomic mass is 16.5. The summed E-state index contributed by atoms with van der Waals surface area (Å²) in [6.07, 6.45) is 3.40. The lowest BCUT2D eigenvalue weighted by molar-refractivity contribution is 0.0163. The van der Waals surface area contributed by atoms with Crippen molar-refractivity contribution in [3.05, 3.63) is 17.5 Å². The number of aryl methyl sites for hydroxylation is 1. The number of rotatable bonds is 4. The van der Waals surface area contributed by atoms with Crippen LogP contribution in [0.15, 0.2) is 6.07 Å². The van der Waals surface area contributed by atoms with Crippen molar-refractivity contribution in [2.45, 2.75) is 45.1 Å². The van der Waals surface area contributed by atoms with Gasteiger partial charge in [0.05, 0.1) is 18.9 Å². The number of hydrogen-bond acceptors (Lipinski definition) is 4. The molecule has 0 N–H and O–H groups in total. The number of carbonyl (C=O) groups is 1. The van der Waals surface area contributed by atoms with Gasteiger partial charge in [-0.1, -0.05) is 13.8 Å². The average molecular weight is 334 g/mol. The summed E-state index contributed by atoms with van der Waals surface area (Å²) < 4.78 is 7.19. The molecule has 2 aliphatic rings. The molecule has 0 aromatic carbocycles. The van der Waals surface area contributed by atoms with Gasteiger partial charge in [0.1, 0.15) is 5.69 Å². The molecule has 0 unspecified atom stereocenters. The van der Waals surface area contributed by atoms with Crippen LogP contribution in [0.5, 0.6) is 0 Å². The lowest BCUT2D eigenvalue weighted by Gasteiger charge is -2.39. The fourth-order valence-corrected chi connectivity index (χ4v) is 3.66. The number of nitrogens with zero attached hydrogens (tertiary/aromatic N) is 4. The van der Waals surface area contributed by atoms with Crippen LogP contribution in [-0.4, -0.2) is 70.9 Å². The second-order valence-corrected chi connectivity index (χ2v) is 7.29. The predicted octanol–water partition coefficient (Wildman–Crippen LogP) is 1.87. The quantitative estimate of drug-likeness (QED) is 0.843. The van der Waals surface area contributed by atoms with E-state index < -0.39 is 0 Å². The maximum absolute atomic E-state index is 13.1. The number of amides is 1. The molecule has 0 saturated carbocycles. The zero-order valence-electron chi connectivity index (χ0n) is 15.2. The predicted molar refractivity (Wildman–Crippen MR) is 93.2 cm³/mol. The molecule has 134 valence electrons. The minimum absolute atomic E-state index is 0.134. The van der Waals surface area contributed by atoms with Crippen molar-refractivity contribution < 1.29 is 9.53 Å². The molecule has 0 bridgehead atoms. The smallest absolute Gasteiger partial charge is 0.272 e. The fourth-order valence-electron chi connectivity index (χ4n) is 3.66. The molecule has 1 aromatic rings. The summed E-state index contributed by atoms with van der Waals surface area (Å²) in [6, 6.07) is 2.27. The van der Waals surface area contributed by atoms with E-state index in [2.05, 4.69) is 28.7 Å². The van der Waals surface area contributed by atoms with Crippen LogP contribution in [0.25, 0.3) is 0 Å². The van der Waals surface area contributed by atoms with Gasteiger partial charge in [-0.2, -0.15) is 5.10 Å². The van der Waals surface area contributed by atoms with E-state index in [9.17, 15) is 4.79 Å². The van der Waals surface area contributed by atoms with E-state index in [1.165, 1.54) is 6.42 Å². The Hall–Kier alpha value is -1.40. The fraction of sp³-hybridized carbons (Fsp3) is 0.778. The average Bonchev–Trinajstić information content (AvgIpc) is 2.98. The van der Waals surface area contributed by atoms with Gasteiger partial charge in [0.25, 0.3) is 5.91 Å². The van der Waals surface area contributed by atoms with Crippen LogP contribution in [-0.2, 0) is 11.8 Å². The lowest BCUT2D eigenvalue weighted by Crippen LogP contribution is -2.51. The second-order valence-electron chi connectivity index (χ2n) is 7.29. The lowest BCUT2D eigenvalue weighted by atomic mass is 10.0. The van der Waals surface area contributed by atoms with Gasteiger partial charge in [0, 0.05) is 39.3 Å². The summed E-state index contributed by atoms with van der Waals surface area (Å²) in [5, 5.41) is 4.51.